The standard InChI is InChI=1S/C14H23NO/c1-4-8-13(15-3)11-16-14-10-7-6-9-12(14)5-2/h6-7,9-10,13,15H,4-5,8,11H2,1-3H3. The van der Waals surface area contributed by atoms with Crippen molar-refractivity contribution in [3.63, 3.8) is 0 Å². The Bertz CT molecular complexity index is 299. The van der Waals surface area contributed by atoms with Crippen molar-refractivity contribution in [3.8, 4) is 5.75 Å². The monoisotopic (exact) mass is 221 g/mol. The van der Waals surface area contributed by atoms with Crippen molar-refractivity contribution >= 4 is 0 Å². The van der Waals surface area contributed by atoms with Gasteiger partial charge in [-0.3, -0.25) is 0 Å². The zero-order valence-electron chi connectivity index (χ0n) is 10.6. The van der Waals surface area contributed by atoms with Crippen LogP contribution in [-0.4, -0.2) is 19.7 Å². The fourth-order valence-electron chi connectivity index (χ4n) is 1.79. The maximum atomic E-state index is 5.87. The van der Waals surface area contributed by atoms with E-state index in [1.807, 2.05) is 13.1 Å². The molecule has 1 rings (SSSR count). The molecule has 0 aliphatic rings. The maximum absolute atomic E-state index is 5.87. The molecule has 0 aromatic heterocycles. The van der Waals surface area contributed by atoms with E-state index >= 15 is 0 Å². The van der Waals surface area contributed by atoms with E-state index in [1.54, 1.807) is 0 Å². The number of ether oxygens (including phenoxy) is 1. The van der Waals surface area contributed by atoms with Gasteiger partial charge in [0.05, 0.1) is 0 Å². The highest BCUT2D eigenvalue weighted by Gasteiger charge is 2.07. The molecule has 0 fully saturated rings. The molecule has 0 amide bonds. The number of hydrogen-bond donors (Lipinski definition) is 1. The molecular formula is C14H23NO. The first-order valence-electron chi connectivity index (χ1n) is 6.19. The van der Waals surface area contributed by atoms with Crippen LogP contribution in [0.5, 0.6) is 5.75 Å². The predicted octanol–water partition coefficient (Wildman–Crippen LogP) is 3.02. The summed E-state index contributed by atoms with van der Waals surface area (Å²) in [6, 6.07) is 8.73. The summed E-state index contributed by atoms with van der Waals surface area (Å²) in [5.41, 5.74) is 1.29. The van der Waals surface area contributed by atoms with Gasteiger partial charge < -0.3 is 10.1 Å². The predicted molar refractivity (Wildman–Crippen MR) is 69.1 cm³/mol. The quantitative estimate of drug-likeness (QED) is 0.764. The van der Waals surface area contributed by atoms with Crippen molar-refractivity contribution in [1.82, 2.24) is 5.32 Å². The molecule has 0 saturated carbocycles. The van der Waals surface area contributed by atoms with Gasteiger partial charge in [0.25, 0.3) is 0 Å². The molecule has 0 aliphatic carbocycles. The van der Waals surface area contributed by atoms with Crippen LogP contribution in [0.25, 0.3) is 0 Å². The lowest BCUT2D eigenvalue weighted by Crippen LogP contribution is -2.31. The molecule has 90 valence electrons. The van der Waals surface area contributed by atoms with E-state index in [-0.39, 0.29) is 0 Å². The van der Waals surface area contributed by atoms with Crippen LogP contribution in [0.15, 0.2) is 24.3 Å². The summed E-state index contributed by atoms with van der Waals surface area (Å²) in [7, 11) is 2.00. The number of rotatable bonds is 7. The van der Waals surface area contributed by atoms with E-state index in [2.05, 4.69) is 37.4 Å². The van der Waals surface area contributed by atoms with Crippen LogP contribution in [0.1, 0.15) is 32.3 Å². The largest absolute Gasteiger partial charge is 0.492 e. The molecule has 0 heterocycles. The number of benzene rings is 1. The van der Waals surface area contributed by atoms with Crippen LogP contribution in [0, 0.1) is 0 Å². The summed E-state index contributed by atoms with van der Waals surface area (Å²) >= 11 is 0. The van der Waals surface area contributed by atoms with E-state index < -0.39 is 0 Å². The molecule has 0 saturated heterocycles. The minimum absolute atomic E-state index is 0.454. The summed E-state index contributed by atoms with van der Waals surface area (Å²) < 4.78 is 5.87. The molecular weight excluding hydrogens is 198 g/mol. The summed E-state index contributed by atoms with van der Waals surface area (Å²) in [6.07, 6.45) is 3.36. The van der Waals surface area contributed by atoms with Crippen molar-refractivity contribution in [2.75, 3.05) is 13.7 Å². The molecule has 1 aromatic carbocycles. The first-order chi connectivity index (χ1) is 7.81. The highest BCUT2D eigenvalue weighted by atomic mass is 16.5. The third-order valence-corrected chi connectivity index (χ3v) is 2.84. The lowest BCUT2D eigenvalue weighted by molar-refractivity contribution is 0.260. The van der Waals surface area contributed by atoms with Gasteiger partial charge in [-0.1, -0.05) is 38.5 Å². The van der Waals surface area contributed by atoms with Gasteiger partial charge in [0.15, 0.2) is 0 Å². The molecule has 16 heavy (non-hydrogen) atoms. The van der Waals surface area contributed by atoms with Crippen LogP contribution in [0.4, 0.5) is 0 Å². The van der Waals surface area contributed by atoms with Gasteiger partial charge >= 0.3 is 0 Å². The van der Waals surface area contributed by atoms with Crippen LogP contribution < -0.4 is 10.1 Å². The number of likely N-dealkylation sites (N-methyl/N-ethyl adjacent to an activating group) is 1. The first kappa shape index (κ1) is 13.0. The van der Waals surface area contributed by atoms with E-state index in [0.29, 0.717) is 6.04 Å². The Morgan fingerprint density at radius 2 is 2.00 bits per heavy atom. The fourth-order valence-corrected chi connectivity index (χ4v) is 1.79. The third-order valence-electron chi connectivity index (χ3n) is 2.84. The van der Waals surface area contributed by atoms with E-state index in [4.69, 9.17) is 4.74 Å². The third kappa shape index (κ3) is 3.86. The highest BCUT2D eigenvalue weighted by Crippen LogP contribution is 2.18. The lowest BCUT2D eigenvalue weighted by atomic mass is 10.1. The Labute approximate surface area is 99.0 Å². The number of hydrogen-bond acceptors (Lipinski definition) is 2. The SMILES string of the molecule is CCCC(COc1ccccc1CC)NC. The molecule has 0 bridgehead atoms. The average molecular weight is 221 g/mol. The molecule has 1 aromatic rings. The zero-order chi connectivity index (χ0) is 11.8. The van der Waals surface area contributed by atoms with Crippen molar-refractivity contribution in [2.45, 2.75) is 39.2 Å². The minimum Gasteiger partial charge on any atom is -0.492 e. The van der Waals surface area contributed by atoms with E-state index in [1.165, 1.54) is 12.0 Å². The lowest BCUT2D eigenvalue weighted by Gasteiger charge is -2.17. The Kier molecular flexibility index (Phi) is 5.94. The molecule has 0 aliphatic heterocycles. The second-order valence-corrected chi connectivity index (χ2v) is 4.05. The summed E-state index contributed by atoms with van der Waals surface area (Å²) in [5.74, 6) is 1.03. The van der Waals surface area contributed by atoms with Gasteiger partial charge in [-0.2, -0.15) is 0 Å². The summed E-state index contributed by atoms with van der Waals surface area (Å²) in [6.45, 7) is 5.11. The van der Waals surface area contributed by atoms with Crippen LogP contribution >= 0.6 is 0 Å². The maximum Gasteiger partial charge on any atom is 0.122 e. The summed E-state index contributed by atoms with van der Waals surface area (Å²) in [5, 5.41) is 3.29. The molecule has 2 nitrogen and oxygen atoms in total. The zero-order valence-corrected chi connectivity index (χ0v) is 10.6. The van der Waals surface area contributed by atoms with Gasteiger partial charge in [0, 0.05) is 6.04 Å². The van der Waals surface area contributed by atoms with Crippen molar-refractivity contribution in [2.24, 2.45) is 0 Å². The van der Waals surface area contributed by atoms with E-state index in [9.17, 15) is 0 Å². The van der Waals surface area contributed by atoms with Crippen molar-refractivity contribution < 1.29 is 4.74 Å². The number of nitrogens with one attached hydrogen (secondary N) is 1. The molecule has 2 heteroatoms. The van der Waals surface area contributed by atoms with Gasteiger partial charge in [0.1, 0.15) is 12.4 Å². The molecule has 0 radical (unpaired) electrons. The second-order valence-electron chi connectivity index (χ2n) is 4.05. The number of para-hydroxylation sites is 1. The smallest absolute Gasteiger partial charge is 0.122 e. The van der Waals surface area contributed by atoms with E-state index in [0.717, 1.165) is 25.2 Å². The number of aryl methyl sites for hydroxylation is 1. The first-order valence-corrected chi connectivity index (χ1v) is 6.19. The Morgan fingerprint density at radius 3 is 2.62 bits per heavy atom. The van der Waals surface area contributed by atoms with Crippen molar-refractivity contribution in [3.05, 3.63) is 29.8 Å². The Balaban J connectivity index is 2.52. The van der Waals surface area contributed by atoms with Gasteiger partial charge in [0.2, 0.25) is 0 Å². The average Bonchev–Trinajstić information content (AvgIpc) is 2.34. The Morgan fingerprint density at radius 1 is 1.25 bits per heavy atom. The Hall–Kier alpha value is -1.02. The fraction of sp³-hybridized carbons (Fsp3) is 0.571. The van der Waals surface area contributed by atoms with Crippen LogP contribution in [0.3, 0.4) is 0 Å². The molecule has 0 spiro atoms. The van der Waals surface area contributed by atoms with Crippen molar-refractivity contribution in [1.29, 1.82) is 0 Å². The van der Waals surface area contributed by atoms with Gasteiger partial charge in [-0.15, -0.1) is 0 Å². The second kappa shape index (κ2) is 7.29. The molecule has 1 atom stereocenters. The summed E-state index contributed by atoms with van der Waals surface area (Å²) in [4.78, 5) is 0. The molecule has 1 unspecified atom stereocenters. The topological polar surface area (TPSA) is 21.3 Å². The van der Waals surface area contributed by atoms with Crippen LogP contribution in [-0.2, 0) is 6.42 Å². The normalized spacial score (nSPS) is 12.4. The van der Waals surface area contributed by atoms with Crippen LogP contribution in [0.2, 0.25) is 0 Å². The minimum atomic E-state index is 0.454. The van der Waals surface area contributed by atoms with Gasteiger partial charge in [-0.25, -0.2) is 0 Å². The molecule has 1 N–H and O–H groups in total. The highest BCUT2D eigenvalue weighted by molar-refractivity contribution is 5.33. The van der Waals surface area contributed by atoms with Gasteiger partial charge in [-0.05, 0) is 31.5 Å².